The Morgan fingerprint density at radius 3 is 2.19 bits per heavy atom. The van der Waals surface area contributed by atoms with Gasteiger partial charge in [-0.05, 0) is 72.4 Å². The predicted molar refractivity (Wildman–Crippen MR) is 150 cm³/mol. The lowest BCUT2D eigenvalue weighted by Crippen LogP contribution is -2.56. The molecular formula is C31H37N3OS. The van der Waals surface area contributed by atoms with Crippen molar-refractivity contribution in [3.05, 3.63) is 71.6 Å². The minimum Gasteiger partial charge on any atom is -0.357 e. The van der Waals surface area contributed by atoms with Gasteiger partial charge in [0.25, 0.3) is 0 Å². The molecule has 2 heterocycles. The van der Waals surface area contributed by atoms with Gasteiger partial charge in [-0.3, -0.25) is 4.79 Å². The number of hydrogen-bond acceptors (Lipinski definition) is 4. The molecule has 2 aromatic carbocycles. The molecule has 5 heteroatoms. The molecule has 0 radical (unpaired) electrons. The topological polar surface area (TPSA) is 53.2 Å². The van der Waals surface area contributed by atoms with Gasteiger partial charge in [0.15, 0.2) is 0 Å². The van der Waals surface area contributed by atoms with Gasteiger partial charge in [0.1, 0.15) is 5.66 Å². The molecule has 1 amide bonds. The fourth-order valence-electron chi connectivity index (χ4n) is 6.77. The van der Waals surface area contributed by atoms with E-state index in [0.717, 1.165) is 42.6 Å². The van der Waals surface area contributed by atoms with Gasteiger partial charge in [0, 0.05) is 10.9 Å². The van der Waals surface area contributed by atoms with Gasteiger partial charge >= 0.3 is 0 Å². The standard InChI is InChI=1S/C31H37N3OS/c35-30(32-25-15-5-2-6-16-25)29(22-11-3-1-4-12-22)31(33-26-17-7-8-18-27(26)34-31)24-14-9-13-23(21-24)28-19-10-20-36-28/h7-10,13-14,17-22,25,29,33-34H,1-6,11-12,15-16H2,(H,32,35). The Morgan fingerprint density at radius 1 is 0.833 bits per heavy atom. The van der Waals surface area contributed by atoms with Gasteiger partial charge in [-0.25, -0.2) is 0 Å². The zero-order valence-electron chi connectivity index (χ0n) is 21.0. The highest BCUT2D eigenvalue weighted by molar-refractivity contribution is 7.13. The van der Waals surface area contributed by atoms with Crippen LogP contribution in [0.15, 0.2) is 66.0 Å². The maximum atomic E-state index is 14.4. The van der Waals surface area contributed by atoms with Crippen LogP contribution in [-0.2, 0) is 10.5 Å². The smallest absolute Gasteiger partial charge is 0.228 e. The molecule has 0 bridgehead atoms. The summed E-state index contributed by atoms with van der Waals surface area (Å²) in [7, 11) is 0. The Hall–Kier alpha value is -2.79. The summed E-state index contributed by atoms with van der Waals surface area (Å²) in [4.78, 5) is 15.6. The molecule has 3 N–H and O–H groups in total. The molecule has 36 heavy (non-hydrogen) atoms. The molecule has 1 unspecified atom stereocenters. The van der Waals surface area contributed by atoms with E-state index in [-0.39, 0.29) is 11.8 Å². The van der Waals surface area contributed by atoms with Crippen molar-refractivity contribution in [3.8, 4) is 10.4 Å². The summed E-state index contributed by atoms with van der Waals surface area (Å²) >= 11 is 1.76. The van der Waals surface area contributed by atoms with Gasteiger partial charge in [0.05, 0.1) is 17.3 Å². The molecule has 3 aromatic rings. The van der Waals surface area contributed by atoms with Crippen molar-refractivity contribution >= 4 is 28.6 Å². The van der Waals surface area contributed by atoms with Crippen LogP contribution in [0.3, 0.4) is 0 Å². The second kappa shape index (κ2) is 10.3. The van der Waals surface area contributed by atoms with Crippen molar-refractivity contribution in [2.75, 3.05) is 10.6 Å². The summed E-state index contributed by atoms with van der Waals surface area (Å²) in [6.07, 6.45) is 11.8. The first-order valence-corrected chi connectivity index (χ1v) is 14.7. The summed E-state index contributed by atoms with van der Waals surface area (Å²) < 4.78 is 0. The van der Waals surface area contributed by atoms with Crippen molar-refractivity contribution in [1.82, 2.24) is 5.32 Å². The summed E-state index contributed by atoms with van der Waals surface area (Å²) in [5, 5.41) is 13.4. The molecule has 6 rings (SSSR count). The van der Waals surface area contributed by atoms with Crippen LogP contribution in [0.4, 0.5) is 11.4 Å². The zero-order chi connectivity index (χ0) is 24.4. The Kier molecular flexibility index (Phi) is 6.75. The van der Waals surface area contributed by atoms with Crippen molar-refractivity contribution in [3.63, 3.8) is 0 Å². The lowest BCUT2D eigenvalue weighted by atomic mass is 9.70. The number of benzene rings is 2. The Morgan fingerprint density at radius 2 is 1.53 bits per heavy atom. The molecule has 2 fully saturated rings. The van der Waals surface area contributed by atoms with Gasteiger partial charge in [-0.15, -0.1) is 11.3 Å². The number of para-hydroxylation sites is 2. The average Bonchev–Trinajstić information content (AvgIpc) is 3.59. The van der Waals surface area contributed by atoms with Gasteiger partial charge in [0.2, 0.25) is 5.91 Å². The third-order valence-electron chi connectivity index (χ3n) is 8.54. The number of carbonyl (C=O) groups excluding carboxylic acids is 1. The number of carbonyl (C=O) groups is 1. The average molecular weight is 500 g/mol. The van der Waals surface area contributed by atoms with Crippen LogP contribution < -0.4 is 16.0 Å². The number of amides is 1. The van der Waals surface area contributed by atoms with Crippen molar-refractivity contribution in [2.24, 2.45) is 11.8 Å². The Bertz CT molecular complexity index is 1150. The van der Waals surface area contributed by atoms with Gasteiger partial charge < -0.3 is 16.0 Å². The number of hydrogen-bond donors (Lipinski definition) is 3. The quantitative estimate of drug-likeness (QED) is 0.325. The number of rotatable bonds is 6. The maximum absolute atomic E-state index is 14.4. The fraction of sp³-hybridized carbons (Fsp3) is 0.452. The second-order valence-electron chi connectivity index (χ2n) is 10.9. The highest BCUT2D eigenvalue weighted by Gasteiger charge is 2.52. The van der Waals surface area contributed by atoms with E-state index in [1.807, 2.05) is 0 Å². The van der Waals surface area contributed by atoms with E-state index in [1.54, 1.807) is 11.3 Å². The van der Waals surface area contributed by atoms with E-state index in [1.165, 1.54) is 49.0 Å². The lowest BCUT2D eigenvalue weighted by Gasteiger charge is -2.44. The van der Waals surface area contributed by atoms with Gasteiger partial charge in [-0.2, -0.15) is 0 Å². The van der Waals surface area contributed by atoms with E-state index in [2.05, 4.69) is 82.0 Å². The fourth-order valence-corrected chi connectivity index (χ4v) is 7.49. The zero-order valence-corrected chi connectivity index (χ0v) is 21.8. The summed E-state index contributed by atoms with van der Waals surface area (Å²) in [6.45, 7) is 0. The van der Waals surface area contributed by atoms with E-state index < -0.39 is 5.66 Å². The molecule has 2 aliphatic carbocycles. The first-order valence-electron chi connectivity index (χ1n) is 13.8. The summed E-state index contributed by atoms with van der Waals surface area (Å²) in [6, 6.07) is 21.8. The molecule has 188 valence electrons. The van der Waals surface area contributed by atoms with Crippen LogP contribution in [0, 0.1) is 11.8 Å². The molecule has 1 atom stereocenters. The third kappa shape index (κ3) is 4.54. The van der Waals surface area contributed by atoms with E-state index in [0.29, 0.717) is 12.0 Å². The molecular weight excluding hydrogens is 462 g/mol. The largest absolute Gasteiger partial charge is 0.357 e. The van der Waals surface area contributed by atoms with Crippen LogP contribution in [-0.4, -0.2) is 11.9 Å². The van der Waals surface area contributed by atoms with E-state index in [9.17, 15) is 4.79 Å². The van der Waals surface area contributed by atoms with Crippen LogP contribution in [0.25, 0.3) is 10.4 Å². The number of nitrogens with one attached hydrogen (secondary N) is 3. The van der Waals surface area contributed by atoms with Gasteiger partial charge in [-0.1, -0.05) is 74.9 Å². The number of anilines is 2. The Labute approximate surface area is 218 Å². The minimum atomic E-state index is -0.683. The SMILES string of the molecule is O=C(NC1CCCCC1)C(C1CCCCC1)C1(c2cccc(-c3cccs3)c2)Nc2ccccc2N1. The van der Waals surface area contributed by atoms with Crippen LogP contribution >= 0.6 is 11.3 Å². The monoisotopic (exact) mass is 499 g/mol. The molecule has 1 aromatic heterocycles. The number of thiophene rings is 1. The second-order valence-corrected chi connectivity index (χ2v) is 11.8. The summed E-state index contributed by atoms with van der Waals surface area (Å²) in [5.74, 6) is 0.343. The first kappa shape index (κ1) is 23.6. The highest BCUT2D eigenvalue weighted by atomic mass is 32.1. The van der Waals surface area contributed by atoms with Crippen LogP contribution in [0.2, 0.25) is 0 Å². The van der Waals surface area contributed by atoms with Crippen molar-refractivity contribution in [2.45, 2.75) is 75.9 Å². The molecule has 4 nitrogen and oxygen atoms in total. The number of fused-ring (bicyclic) bond motifs is 1. The molecule has 3 aliphatic rings. The molecule has 2 saturated carbocycles. The molecule has 1 aliphatic heterocycles. The first-order chi connectivity index (χ1) is 17.7. The normalized spacial score (nSPS) is 20.7. The van der Waals surface area contributed by atoms with Crippen LogP contribution in [0.5, 0.6) is 0 Å². The maximum Gasteiger partial charge on any atom is 0.228 e. The lowest BCUT2D eigenvalue weighted by molar-refractivity contribution is -0.130. The van der Waals surface area contributed by atoms with Crippen molar-refractivity contribution in [1.29, 1.82) is 0 Å². The minimum absolute atomic E-state index is 0.203. The molecule has 0 saturated heterocycles. The van der Waals surface area contributed by atoms with Crippen molar-refractivity contribution < 1.29 is 4.79 Å². The van der Waals surface area contributed by atoms with E-state index in [4.69, 9.17) is 0 Å². The Balaban J connectivity index is 1.44. The van der Waals surface area contributed by atoms with E-state index >= 15 is 0 Å². The highest BCUT2D eigenvalue weighted by Crippen LogP contribution is 2.49. The summed E-state index contributed by atoms with van der Waals surface area (Å²) in [5.41, 5.74) is 3.81. The molecule has 0 spiro atoms. The third-order valence-corrected chi connectivity index (χ3v) is 9.46. The predicted octanol–water partition coefficient (Wildman–Crippen LogP) is 7.75. The van der Waals surface area contributed by atoms with Crippen LogP contribution in [0.1, 0.15) is 69.8 Å².